The third-order valence-electron chi connectivity index (χ3n) is 2.17. The molecule has 0 saturated heterocycles. The monoisotopic (exact) mass is 470 g/mol. The topological polar surface area (TPSA) is 114 Å². The molecular formula is C12H8Cl2O6S2Sr. The van der Waals surface area contributed by atoms with Gasteiger partial charge in [0.15, 0.2) is 0 Å². The van der Waals surface area contributed by atoms with Crippen molar-refractivity contribution in [3.8, 4) is 0 Å². The summed E-state index contributed by atoms with van der Waals surface area (Å²) >= 11 is 10.9. The Balaban J connectivity index is 0.000000403. The zero-order valence-electron chi connectivity index (χ0n) is 11.3. The van der Waals surface area contributed by atoms with E-state index in [2.05, 4.69) is 0 Å². The summed E-state index contributed by atoms with van der Waals surface area (Å²) in [5.41, 5.74) is 0. The smallest absolute Gasteiger partial charge is 0.744 e. The molecule has 0 bridgehead atoms. The minimum absolute atomic E-state index is 0. The van der Waals surface area contributed by atoms with Crippen LogP contribution in [-0.2, 0) is 20.2 Å². The van der Waals surface area contributed by atoms with Gasteiger partial charge in [-0.2, -0.15) is 0 Å². The molecule has 0 amide bonds. The van der Waals surface area contributed by atoms with Gasteiger partial charge < -0.3 is 9.11 Å². The summed E-state index contributed by atoms with van der Waals surface area (Å²) in [5, 5.41) is 0.476. The van der Waals surface area contributed by atoms with Crippen LogP contribution in [0.25, 0.3) is 0 Å². The Morgan fingerprint density at radius 2 is 1.00 bits per heavy atom. The van der Waals surface area contributed by atoms with Crippen molar-refractivity contribution in [2.75, 3.05) is 0 Å². The van der Waals surface area contributed by atoms with Gasteiger partial charge in [0.05, 0.1) is 9.79 Å². The average molecular weight is 471 g/mol. The van der Waals surface area contributed by atoms with E-state index in [-0.39, 0.29) is 65.3 Å². The van der Waals surface area contributed by atoms with E-state index in [1.54, 1.807) is 0 Å². The van der Waals surface area contributed by atoms with Gasteiger partial charge in [0.1, 0.15) is 20.2 Å². The standard InChI is InChI=1S/2C6H5ClO3S.Sr/c2*7-5-2-1-3-6(4-5)11(8,9)10;/h2*1-4H,(H,8,9,10);/q;;+2/p-2. The summed E-state index contributed by atoms with van der Waals surface area (Å²) < 4.78 is 62.2. The quantitative estimate of drug-likeness (QED) is 0.490. The molecule has 23 heavy (non-hydrogen) atoms. The molecule has 0 aliphatic carbocycles. The Labute approximate surface area is 181 Å². The van der Waals surface area contributed by atoms with Gasteiger partial charge >= 0.3 is 45.5 Å². The first-order chi connectivity index (χ1) is 10.00. The molecule has 2 rings (SSSR count). The zero-order chi connectivity index (χ0) is 17.0. The van der Waals surface area contributed by atoms with E-state index in [1.165, 1.54) is 36.4 Å². The normalized spacial score (nSPS) is 11.0. The summed E-state index contributed by atoms with van der Waals surface area (Å²) in [7, 11) is -8.72. The van der Waals surface area contributed by atoms with Crippen LogP contribution in [0, 0.1) is 0 Å². The molecule has 0 radical (unpaired) electrons. The summed E-state index contributed by atoms with van der Waals surface area (Å²) in [4.78, 5) is -0.602. The van der Waals surface area contributed by atoms with E-state index in [0.29, 0.717) is 0 Å². The SMILES string of the molecule is O=S(=O)([O-])c1cccc(Cl)c1.O=S(=O)([O-])c1cccc(Cl)c1.[Sr+2]. The maximum Gasteiger partial charge on any atom is 2.00 e. The van der Waals surface area contributed by atoms with Crippen molar-refractivity contribution in [3.05, 3.63) is 58.6 Å². The molecule has 0 atom stereocenters. The predicted octanol–water partition coefficient (Wildman–Crippen LogP) is 2.11. The maximum atomic E-state index is 10.4. The molecule has 0 aliphatic heterocycles. The van der Waals surface area contributed by atoms with E-state index < -0.39 is 20.2 Å². The van der Waals surface area contributed by atoms with Crippen LogP contribution in [0.5, 0.6) is 0 Å². The first-order valence-corrected chi connectivity index (χ1v) is 9.00. The predicted molar refractivity (Wildman–Crippen MR) is 84.6 cm³/mol. The third-order valence-corrected chi connectivity index (χ3v) is 4.30. The van der Waals surface area contributed by atoms with Crippen LogP contribution in [-0.4, -0.2) is 71.4 Å². The first-order valence-electron chi connectivity index (χ1n) is 5.43. The fraction of sp³-hybridized carbons (Fsp3) is 0. The third kappa shape index (κ3) is 8.82. The minimum atomic E-state index is -4.36. The van der Waals surface area contributed by atoms with Gasteiger partial charge in [-0.25, -0.2) is 16.8 Å². The van der Waals surface area contributed by atoms with Gasteiger partial charge in [-0.1, -0.05) is 35.3 Å². The fourth-order valence-electron chi connectivity index (χ4n) is 1.25. The van der Waals surface area contributed by atoms with Gasteiger partial charge in [0.2, 0.25) is 0 Å². The van der Waals surface area contributed by atoms with E-state index in [9.17, 15) is 25.9 Å². The summed E-state index contributed by atoms with van der Waals surface area (Å²) in [6.45, 7) is 0. The number of hydrogen-bond donors (Lipinski definition) is 0. The van der Waals surface area contributed by atoms with Crippen molar-refractivity contribution in [2.45, 2.75) is 9.79 Å². The Morgan fingerprint density at radius 1 is 0.696 bits per heavy atom. The maximum absolute atomic E-state index is 10.4. The second-order valence-electron chi connectivity index (χ2n) is 3.82. The number of rotatable bonds is 2. The second-order valence-corrected chi connectivity index (χ2v) is 7.46. The zero-order valence-corrected chi connectivity index (χ0v) is 18.0. The van der Waals surface area contributed by atoms with Crippen LogP contribution in [0.1, 0.15) is 0 Å². The Bertz CT molecular complexity index is 795. The Kier molecular flexibility index (Phi) is 9.85. The molecule has 120 valence electrons. The van der Waals surface area contributed by atoms with Crippen molar-refractivity contribution in [1.29, 1.82) is 0 Å². The van der Waals surface area contributed by atoms with Gasteiger partial charge in [0, 0.05) is 10.0 Å². The average Bonchev–Trinajstić information content (AvgIpc) is 2.37. The molecule has 0 unspecified atom stereocenters. The van der Waals surface area contributed by atoms with Crippen LogP contribution >= 0.6 is 23.2 Å². The van der Waals surface area contributed by atoms with Crippen LogP contribution in [0.15, 0.2) is 58.3 Å². The molecule has 0 heterocycles. The minimum Gasteiger partial charge on any atom is -0.744 e. The molecular weight excluding hydrogens is 463 g/mol. The summed E-state index contributed by atoms with van der Waals surface area (Å²) in [6.07, 6.45) is 0. The Morgan fingerprint density at radius 3 is 1.17 bits per heavy atom. The van der Waals surface area contributed by atoms with Gasteiger partial charge in [0.25, 0.3) is 0 Å². The molecule has 0 spiro atoms. The number of benzene rings is 2. The molecule has 0 aliphatic rings. The van der Waals surface area contributed by atoms with Crippen molar-refractivity contribution < 1.29 is 25.9 Å². The molecule has 6 nitrogen and oxygen atoms in total. The van der Waals surface area contributed by atoms with Crippen molar-refractivity contribution in [1.82, 2.24) is 0 Å². The van der Waals surface area contributed by atoms with Gasteiger partial charge in [-0.3, -0.25) is 0 Å². The molecule has 0 N–H and O–H groups in total. The van der Waals surface area contributed by atoms with E-state index >= 15 is 0 Å². The molecule has 2 aromatic carbocycles. The number of hydrogen-bond acceptors (Lipinski definition) is 6. The van der Waals surface area contributed by atoms with Crippen LogP contribution in [0.4, 0.5) is 0 Å². The largest absolute Gasteiger partial charge is 2.00 e. The van der Waals surface area contributed by atoms with Crippen molar-refractivity contribution in [3.63, 3.8) is 0 Å². The van der Waals surface area contributed by atoms with Crippen LogP contribution in [0.2, 0.25) is 10.0 Å². The summed E-state index contributed by atoms with van der Waals surface area (Å²) in [6, 6.07) is 10.4. The van der Waals surface area contributed by atoms with Gasteiger partial charge in [-0.05, 0) is 36.4 Å². The van der Waals surface area contributed by atoms with Crippen LogP contribution < -0.4 is 0 Å². The van der Waals surface area contributed by atoms with Crippen LogP contribution in [0.3, 0.4) is 0 Å². The summed E-state index contributed by atoms with van der Waals surface area (Å²) in [5.74, 6) is 0. The van der Waals surface area contributed by atoms with Crippen molar-refractivity contribution in [2.24, 2.45) is 0 Å². The molecule has 2 aromatic rings. The first kappa shape index (κ1) is 23.3. The molecule has 11 heteroatoms. The van der Waals surface area contributed by atoms with Crippen molar-refractivity contribution >= 4 is 88.9 Å². The molecule has 0 saturated carbocycles. The molecule has 0 fully saturated rings. The van der Waals surface area contributed by atoms with E-state index in [0.717, 1.165) is 12.1 Å². The second kappa shape index (κ2) is 9.71. The van der Waals surface area contributed by atoms with Gasteiger partial charge in [-0.15, -0.1) is 0 Å². The number of halogens is 2. The van der Waals surface area contributed by atoms with E-state index in [4.69, 9.17) is 23.2 Å². The molecule has 0 aromatic heterocycles. The van der Waals surface area contributed by atoms with E-state index in [1.807, 2.05) is 0 Å². The Hall–Kier alpha value is 0.321. The fourth-order valence-corrected chi connectivity index (χ4v) is 2.79.